The summed E-state index contributed by atoms with van der Waals surface area (Å²) in [7, 11) is 2.02. The molecule has 3 atom stereocenters. The number of alkyl halides is 7. The first kappa shape index (κ1) is 98.1. The van der Waals surface area contributed by atoms with Gasteiger partial charge in [-0.2, -0.15) is 26.3 Å². The van der Waals surface area contributed by atoms with Crippen LogP contribution >= 0.6 is 28.7 Å². The molecule has 0 aliphatic carbocycles. The third-order valence-electron chi connectivity index (χ3n) is 18.4. The molecule has 37 heteroatoms. The number of anilines is 2. The number of primary amides is 1. The van der Waals surface area contributed by atoms with Crippen molar-refractivity contribution in [2.24, 2.45) is 17.6 Å². The number of ether oxygens (including phenoxy) is 5. The van der Waals surface area contributed by atoms with Gasteiger partial charge in [-0.05, 0) is 105 Å². The standard InChI is InChI=1S/C52H62BrN9O8.C22H35NO8.C4F6O2.C2H7NS/c1-5-55-46(64)19-17-37(31(2)3)49(66)59-41(11-8-20-56-51(54)68)44(63)25-32-12-14-33(15-13-32)48(65)57-36-16-18-40-34(26-36)27-42(58-40)50(67)62-30-35(29-53)47-39-10-7-6-9-38(39)45(28-43(47)62)70-52(69)61-23-21-60(4)22-24-61;1-2-4-19(24)9-12-29-14-16-31-18-17-30-15-13-28-11-3-5-20(25)8-10-23-21(26)6-7-22(23)27;5-3(6,7)1(11)2(12)4(8,9)10;1-2-3-4/h6-7,9-10,12-16,18,26-28,31,35,37,41,58H,5,8,11,17,19-25,29-30H2,1-4H3,(H,55,64)(H,57,65)(H,59,66)(H3,54,56,68);6-7H,2-5,8-18H2,1H3;;3-4H,2H2,1H3/t35-,37?,41?;;;/m1.../s1. The molecule has 1 saturated heterocycles. The van der Waals surface area contributed by atoms with Gasteiger partial charge in [0.05, 0.1) is 58.0 Å². The zero-order valence-corrected chi connectivity index (χ0v) is 68.8. The van der Waals surface area contributed by atoms with E-state index in [2.05, 4.69) is 64.6 Å². The van der Waals surface area contributed by atoms with Gasteiger partial charge in [0.15, 0.2) is 5.78 Å². The number of halogens is 7. The summed E-state index contributed by atoms with van der Waals surface area (Å²) in [4.78, 5) is 167. The number of nitrogens with two attached hydrogens (primary N) is 1. The number of thiol groups is 1. The minimum atomic E-state index is -5.77. The summed E-state index contributed by atoms with van der Waals surface area (Å²) < 4.78 is 97.2. The third-order valence-corrected chi connectivity index (χ3v) is 19.5. The van der Waals surface area contributed by atoms with Crippen LogP contribution in [0.25, 0.3) is 21.7 Å². The Labute approximate surface area is 688 Å². The molecule has 3 aliphatic rings. The molecule has 5 aromatic rings. The van der Waals surface area contributed by atoms with Gasteiger partial charge in [-0.25, -0.2) is 9.59 Å². The molecule has 0 saturated carbocycles. The van der Waals surface area contributed by atoms with Crippen LogP contribution in [0.4, 0.5) is 47.3 Å². The SMILES string of the molecule is CCCC(=O)CCOCCOCCOCCOCCCC(=O)CCN1C(=O)C=CC1=O.CCNC(=O)CCC(C(=O)NC(CCCNC(N)=O)C(=O)Cc1ccc(C(=O)Nc2ccc3[nH]c(C(=O)N4C[C@@H](CBr)c5c4cc(OC(=O)N4CCN(C)CC4)c4ccccc54)cc3c2)cc1)C(C)C.CCNS.O=C(C(=O)C(F)(F)F)C(F)(F)F. The number of amides is 9. The van der Waals surface area contributed by atoms with E-state index >= 15 is 0 Å². The number of aromatic nitrogens is 1. The lowest BCUT2D eigenvalue weighted by molar-refractivity contribution is -0.193. The number of carbonyl (C=O) groups is 13. The van der Waals surface area contributed by atoms with Gasteiger partial charge in [-0.1, -0.05) is 92.8 Å². The number of H-pyrrole nitrogens is 1. The van der Waals surface area contributed by atoms with Crippen molar-refractivity contribution in [2.45, 2.75) is 130 Å². The lowest BCUT2D eigenvalue weighted by atomic mass is 9.89. The van der Waals surface area contributed by atoms with Gasteiger partial charge in [0.25, 0.3) is 23.6 Å². The van der Waals surface area contributed by atoms with Crippen LogP contribution in [0.2, 0.25) is 0 Å². The number of carbonyl (C=O) groups excluding carboxylic acids is 13. The van der Waals surface area contributed by atoms with Gasteiger partial charge in [0.2, 0.25) is 11.8 Å². The van der Waals surface area contributed by atoms with E-state index in [9.17, 15) is 88.7 Å². The van der Waals surface area contributed by atoms with Gasteiger partial charge in [-0.15, -0.1) is 0 Å². The zero-order valence-electron chi connectivity index (χ0n) is 66.3. The molecule has 117 heavy (non-hydrogen) atoms. The number of urea groups is 1. The summed E-state index contributed by atoms with van der Waals surface area (Å²) in [6.07, 6.45) is -5.35. The van der Waals surface area contributed by atoms with E-state index in [0.717, 1.165) is 47.3 Å². The van der Waals surface area contributed by atoms with E-state index in [1.54, 1.807) is 58.3 Å². The van der Waals surface area contributed by atoms with E-state index in [0.29, 0.717) is 168 Å². The molecule has 4 heterocycles. The average molecular weight is 1730 g/mol. The third kappa shape index (κ3) is 33.1. The van der Waals surface area contributed by atoms with Crippen LogP contribution in [-0.2, 0) is 68.5 Å². The highest BCUT2D eigenvalue weighted by Crippen LogP contribution is 2.46. The van der Waals surface area contributed by atoms with Crippen molar-refractivity contribution in [3.05, 3.63) is 113 Å². The van der Waals surface area contributed by atoms with Crippen molar-refractivity contribution in [1.82, 2.24) is 40.4 Å². The fourth-order valence-electron chi connectivity index (χ4n) is 12.2. The normalized spacial score (nSPS) is 14.5. The molecule has 1 aromatic heterocycles. The Bertz CT molecular complexity index is 4170. The summed E-state index contributed by atoms with van der Waals surface area (Å²) in [5.41, 5.74) is 9.45. The highest BCUT2D eigenvalue weighted by atomic mass is 79.9. The predicted molar refractivity (Wildman–Crippen MR) is 431 cm³/mol. The van der Waals surface area contributed by atoms with Crippen LogP contribution < -0.4 is 41.4 Å². The number of imide groups is 1. The molecule has 1 fully saturated rings. The number of nitrogens with zero attached hydrogens (tertiary/aromatic N) is 4. The van der Waals surface area contributed by atoms with Crippen LogP contribution in [0.3, 0.4) is 0 Å². The summed E-state index contributed by atoms with van der Waals surface area (Å²) in [6, 6.07) is 21.8. The second-order valence-corrected chi connectivity index (χ2v) is 28.6. The van der Waals surface area contributed by atoms with Crippen LogP contribution in [0.15, 0.2) is 91.0 Å². The Kier molecular flexibility index (Phi) is 42.2. The van der Waals surface area contributed by atoms with E-state index in [4.69, 9.17) is 29.4 Å². The van der Waals surface area contributed by atoms with Crippen molar-refractivity contribution in [1.29, 1.82) is 0 Å². The molecular weight excluding hydrogens is 1630 g/mol. The van der Waals surface area contributed by atoms with E-state index < -0.39 is 48.0 Å². The lowest BCUT2D eigenvalue weighted by Crippen LogP contribution is -2.48. The molecular formula is C80H104BrF6N11O18S. The number of fused-ring (bicyclic) bond motifs is 4. The quantitative estimate of drug-likeness (QED) is 0.00449. The molecule has 0 spiro atoms. The van der Waals surface area contributed by atoms with E-state index in [-0.39, 0.29) is 103 Å². The number of piperazine rings is 1. The number of rotatable bonds is 42. The molecule has 29 nitrogen and oxygen atoms in total. The number of Topliss-reactive ketones (excluding diaryl/α,β-unsaturated/α-hetero) is 5. The second kappa shape index (κ2) is 50.3. The number of benzene rings is 4. The average Bonchev–Trinajstić information content (AvgIpc) is 1.60. The lowest BCUT2D eigenvalue weighted by Gasteiger charge is -2.31. The summed E-state index contributed by atoms with van der Waals surface area (Å²) in [5.74, 6) is -8.85. The van der Waals surface area contributed by atoms with E-state index in [1.807, 2.05) is 72.0 Å². The second-order valence-electron chi connectivity index (χ2n) is 27.6. The van der Waals surface area contributed by atoms with Gasteiger partial charge in [0.1, 0.15) is 23.0 Å². The molecule has 2 unspecified atom stereocenters. The first-order valence-corrected chi connectivity index (χ1v) is 40.0. The number of aromatic amines is 1. The fraction of sp³-hybridized carbons (Fsp3) is 0.512. The fourth-order valence-corrected chi connectivity index (χ4v) is 12.7. The molecule has 4 aromatic carbocycles. The zero-order chi connectivity index (χ0) is 86.4. The Balaban J connectivity index is 0.000000425. The molecule has 0 radical (unpaired) electrons. The predicted octanol–water partition coefficient (Wildman–Crippen LogP) is 9.86. The minimum absolute atomic E-state index is 0.000960. The molecule has 9 amide bonds. The molecule has 642 valence electrons. The van der Waals surface area contributed by atoms with Gasteiger partial charge >= 0.3 is 36.0 Å². The number of likely N-dealkylation sites (N-methyl/N-ethyl adjacent to an activating group) is 1. The summed E-state index contributed by atoms with van der Waals surface area (Å²) in [6.45, 7) is 18.0. The van der Waals surface area contributed by atoms with Crippen molar-refractivity contribution < 1.29 is 112 Å². The highest BCUT2D eigenvalue weighted by Gasteiger charge is 2.54. The van der Waals surface area contributed by atoms with Gasteiger partial charge < -0.3 is 70.4 Å². The first-order valence-electron chi connectivity index (χ1n) is 38.4. The number of nitrogens with one attached hydrogen (secondary N) is 6. The van der Waals surface area contributed by atoms with E-state index in [1.165, 1.54) is 12.2 Å². The Hall–Kier alpha value is -9.50. The van der Waals surface area contributed by atoms with Crippen molar-refractivity contribution in [3.8, 4) is 5.75 Å². The monoisotopic (exact) mass is 1730 g/mol. The summed E-state index contributed by atoms with van der Waals surface area (Å²) >= 11 is 7.35. The number of ketones is 5. The minimum Gasteiger partial charge on any atom is -0.409 e. The molecule has 0 bridgehead atoms. The topological polar surface area (TPSA) is 383 Å². The van der Waals surface area contributed by atoms with Crippen molar-refractivity contribution in [2.75, 3.05) is 134 Å². The number of hydrogen-bond acceptors (Lipinski definition) is 21. The van der Waals surface area contributed by atoms with Crippen molar-refractivity contribution in [3.63, 3.8) is 0 Å². The largest absolute Gasteiger partial charge is 0.458 e. The van der Waals surface area contributed by atoms with Crippen molar-refractivity contribution >= 4 is 138 Å². The maximum atomic E-state index is 14.4. The maximum Gasteiger partial charge on any atom is 0.458 e. The summed E-state index contributed by atoms with van der Waals surface area (Å²) in [5, 5.41) is 14.2. The molecule has 8 rings (SSSR count). The van der Waals surface area contributed by atoms with Gasteiger partial charge in [0, 0.05) is 167 Å². The maximum absolute atomic E-state index is 14.4. The van der Waals surface area contributed by atoms with Crippen LogP contribution in [0.5, 0.6) is 5.75 Å². The smallest absolute Gasteiger partial charge is 0.409 e. The Morgan fingerprint density at radius 2 is 1.26 bits per heavy atom. The van der Waals surface area contributed by atoms with Crippen LogP contribution in [-0.4, -0.2) is 239 Å². The number of hydrogen-bond donors (Lipinski definition) is 8. The molecule has 8 N–H and O–H groups in total. The van der Waals surface area contributed by atoms with Gasteiger partial charge in [-0.3, -0.25) is 62.4 Å². The first-order chi connectivity index (χ1) is 55.6. The van der Waals surface area contributed by atoms with Crippen LogP contribution in [0, 0.1) is 11.8 Å². The highest BCUT2D eigenvalue weighted by molar-refractivity contribution is 9.09. The van der Waals surface area contributed by atoms with Crippen LogP contribution in [0.1, 0.15) is 137 Å². The molecule has 3 aliphatic heterocycles. The Morgan fingerprint density at radius 3 is 1.83 bits per heavy atom. The Morgan fingerprint density at radius 1 is 0.675 bits per heavy atom.